The van der Waals surface area contributed by atoms with Crippen LogP contribution in [0.15, 0.2) is 30.3 Å². The van der Waals surface area contributed by atoms with Crippen LogP contribution in [0.2, 0.25) is 0 Å². The molecular formula is C23H27N5O4. The van der Waals surface area contributed by atoms with E-state index in [0.29, 0.717) is 43.4 Å². The molecule has 1 aromatic carbocycles. The number of hydrogen-bond acceptors (Lipinski definition) is 8. The molecule has 0 radical (unpaired) electrons. The molecule has 0 aliphatic carbocycles. The van der Waals surface area contributed by atoms with E-state index in [9.17, 15) is 14.4 Å². The first kappa shape index (κ1) is 21.9. The lowest BCUT2D eigenvalue weighted by atomic mass is 10.1. The predicted octanol–water partition coefficient (Wildman–Crippen LogP) is 1.72. The molecule has 9 nitrogen and oxygen atoms in total. The maximum absolute atomic E-state index is 13.1. The number of aryl methyl sites for hydroxylation is 2. The number of carbonyl (C=O) groups is 3. The highest BCUT2D eigenvalue weighted by molar-refractivity contribution is 6.22. The summed E-state index contributed by atoms with van der Waals surface area (Å²) in [5.41, 5.74) is 2.71. The zero-order valence-electron chi connectivity index (χ0n) is 18.6. The van der Waals surface area contributed by atoms with Gasteiger partial charge in [-0.3, -0.25) is 14.5 Å². The Kier molecular flexibility index (Phi) is 6.18. The number of amides is 2. The van der Waals surface area contributed by atoms with E-state index in [4.69, 9.17) is 4.74 Å². The van der Waals surface area contributed by atoms with Crippen molar-refractivity contribution in [3.8, 4) is 0 Å². The first-order valence-corrected chi connectivity index (χ1v) is 10.8. The van der Waals surface area contributed by atoms with Gasteiger partial charge in [-0.05, 0) is 51.1 Å². The van der Waals surface area contributed by atoms with Gasteiger partial charge in [-0.1, -0.05) is 0 Å². The lowest BCUT2D eigenvalue weighted by Gasteiger charge is -2.37. The SMILES string of the molecule is CCOC(=O)c1ccc(N2C(=O)C[C@@H](N3CCN(c4nc(C)cc(C)n4)CC3)C2=O)cc1. The molecule has 32 heavy (non-hydrogen) atoms. The zero-order valence-corrected chi connectivity index (χ0v) is 18.6. The smallest absolute Gasteiger partial charge is 0.338 e. The van der Waals surface area contributed by atoms with Gasteiger partial charge in [-0.25, -0.2) is 19.7 Å². The van der Waals surface area contributed by atoms with E-state index >= 15 is 0 Å². The Morgan fingerprint density at radius 1 is 1.03 bits per heavy atom. The van der Waals surface area contributed by atoms with Crippen molar-refractivity contribution in [3.05, 3.63) is 47.3 Å². The first-order valence-electron chi connectivity index (χ1n) is 10.8. The number of hydrogen-bond donors (Lipinski definition) is 0. The Morgan fingerprint density at radius 2 is 1.66 bits per heavy atom. The molecule has 0 saturated carbocycles. The third-order valence-electron chi connectivity index (χ3n) is 5.77. The second-order valence-corrected chi connectivity index (χ2v) is 8.03. The monoisotopic (exact) mass is 437 g/mol. The number of esters is 1. The first-order chi connectivity index (χ1) is 15.4. The van der Waals surface area contributed by atoms with Crippen molar-refractivity contribution in [1.82, 2.24) is 14.9 Å². The average molecular weight is 438 g/mol. The molecule has 2 amide bonds. The second-order valence-electron chi connectivity index (χ2n) is 8.03. The molecule has 9 heteroatoms. The number of anilines is 2. The molecule has 0 unspecified atom stereocenters. The van der Waals surface area contributed by atoms with Crippen molar-refractivity contribution < 1.29 is 19.1 Å². The van der Waals surface area contributed by atoms with Crippen molar-refractivity contribution in [1.29, 1.82) is 0 Å². The fourth-order valence-electron chi connectivity index (χ4n) is 4.22. The van der Waals surface area contributed by atoms with Crippen LogP contribution in [0.1, 0.15) is 35.1 Å². The Balaban J connectivity index is 1.41. The summed E-state index contributed by atoms with van der Waals surface area (Å²) in [7, 11) is 0. The number of imide groups is 1. The Hall–Kier alpha value is -3.33. The van der Waals surface area contributed by atoms with Gasteiger partial charge >= 0.3 is 5.97 Å². The van der Waals surface area contributed by atoms with E-state index in [-0.39, 0.29) is 24.8 Å². The third-order valence-corrected chi connectivity index (χ3v) is 5.77. The number of rotatable bonds is 5. The summed E-state index contributed by atoms with van der Waals surface area (Å²) in [5, 5.41) is 0. The van der Waals surface area contributed by atoms with Gasteiger partial charge in [-0.15, -0.1) is 0 Å². The number of carbonyl (C=O) groups excluding carboxylic acids is 3. The van der Waals surface area contributed by atoms with E-state index in [1.165, 1.54) is 4.90 Å². The number of nitrogens with zero attached hydrogens (tertiary/aromatic N) is 5. The van der Waals surface area contributed by atoms with Gasteiger partial charge < -0.3 is 9.64 Å². The van der Waals surface area contributed by atoms with Crippen LogP contribution < -0.4 is 9.80 Å². The van der Waals surface area contributed by atoms with Crippen LogP contribution in [0.5, 0.6) is 0 Å². The van der Waals surface area contributed by atoms with Crippen molar-refractivity contribution in [2.24, 2.45) is 0 Å². The Morgan fingerprint density at radius 3 is 2.25 bits per heavy atom. The van der Waals surface area contributed by atoms with Crippen LogP contribution in [0.4, 0.5) is 11.6 Å². The fourth-order valence-corrected chi connectivity index (χ4v) is 4.22. The predicted molar refractivity (Wildman–Crippen MR) is 119 cm³/mol. The highest BCUT2D eigenvalue weighted by Gasteiger charge is 2.43. The molecule has 0 N–H and O–H groups in total. The minimum absolute atomic E-state index is 0.151. The van der Waals surface area contributed by atoms with Crippen molar-refractivity contribution >= 4 is 29.4 Å². The molecule has 1 atom stereocenters. The fraction of sp³-hybridized carbons (Fsp3) is 0.435. The van der Waals surface area contributed by atoms with Crippen LogP contribution in [0.25, 0.3) is 0 Å². The summed E-state index contributed by atoms with van der Waals surface area (Å²) in [4.78, 5) is 52.1. The maximum atomic E-state index is 13.1. The van der Waals surface area contributed by atoms with Gasteiger partial charge in [0, 0.05) is 37.6 Å². The standard InChI is InChI=1S/C23H27N5O4/c1-4-32-22(31)17-5-7-18(8-6-17)28-20(29)14-19(21(28)30)26-9-11-27(12-10-26)23-24-15(2)13-16(3)25-23/h5-8,13,19H,4,9-12,14H2,1-3H3/t19-/m1/s1. The third kappa shape index (κ3) is 4.34. The summed E-state index contributed by atoms with van der Waals surface area (Å²) < 4.78 is 4.98. The number of benzene rings is 1. The zero-order chi connectivity index (χ0) is 22.8. The molecule has 2 aliphatic rings. The van der Waals surface area contributed by atoms with Crippen LogP contribution in [-0.4, -0.2) is 71.5 Å². The molecule has 2 aromatic rings. The van der Waals surface area contributed by atoms with Crippen LogP contribution in [-0.2, 0) is 14.3 Å². The summed E-state index contributed by atoms with van der Waals surface area (Å²) in [6, 6.07) is 7.83. The molecule has 2 aliphatic heterocycles. The summed E-state index contributed by atoms with van der Waals surface area (Å²) in [6.45, 7) is 8.60. The van der Waals surface area contributed by atoms with E-state index in [1.54, 1.807) is 31.2 Å². The quantitative estimate of drug-likeness (QED) is 0.515. The minimum Gasteiger partial charge on any atom is -0.462 e. The van der Waals surface area contributed by atoms with E-state index in [1.807, 2.05) is 19.9 Å². The van der Waals surface area contributed by atoms with Gasteiger partial charge in [0.2, 0.25) is 11.9 Å². The van der Waals surface area contributed by atoms with Crippen LogP contribution in [0, 0.1) is 13.8 Å². The Labute approximate surface area is 187 Å². The molecule has 2 saturated heterocycles. The lowest BCUT2D eigenvalue weighted by Crippen LogP contribution is -2.53. The molecule has 2 fully saturated rings. The minimum atomic E-state index is -0.477. The van der Waals surface area contributed by atoms with E-state index in [0.717, 1.165) is 11.4 Å². The van der Waals surface area contributed by atoms with Crippen molar-refractivity contribution in [2.45, 2.75) is 33.2 Å². The molecule has 168 valence electrons. The molecule has 0 bridgehead atoms. The maximum Gasteiger partial charge on any atom is 0.338 e. The molecule has 4 rings (SSSR count). The van der Waals surface area contributed by atoms with Gasteiger partial charge in [0.1, 0.15) is 0 Å². The van der Waals surface area contributed by atoms with Crippen LogP contribution >= 0.6 is 0 Å². The van der Waals surface area contributed by atoms with Crippen molar-refractivity contribution in [2.75, 3.05) is 42.6 Å². The highest BCUT2D eigenvalue weighted by Crippen LogP contribution is 2.27. The average Bonchev–Trinajstić information content (AvgIpc) is 3.07. The van der Waals surface area contributed by atoms with E-state index in [2.05, 4.69) is 19.8 Å². The number of aromatic nitrogens is 2. The lowest BCUT2D eigenvalue weighted by molar-refractivity contribution is -0.123. The molecule has 3 heterocycles. The van der Waals surface area contributed by atoms with Crippen molar-refractivity contribution in [3.63, 3.8) is 0 Å². The van der Waals surface area contributed by atoms with Gasteiger partial charge in [-0.2, -0.15) is 0 Å². The number of ether oxygens (including phenoxy) is 1. The second kappa shape index (κ2) is 9.04. The Bertz CT molecular complexity index is 1010. The van der Waals surface area contributed by atoms with Crippen LogP contribution in [0.3, 0.4) is 0 Å². The summed E-state index contributed by atoms with van der Waals surface area (Å²) in [6.07, 6.45) is 0.151. The van der Waals surface area contributed by atoms with Gasteiger partial charge in [0.15, 0.2) is 0 Å². The normalized spacial score (nSPS) is 19.5. The highest BCUT2D eigenvalue weighted by atomic mass is 16.5. The summed E-state index contributed by atoms with van der Waals surface area (Å²) in [5.74, 6) is -0.181. The topological polar surface area (TPSA) is 95.9 Å². The molecule has 0 spiro atoms. The molecule has 1 aromatic heterocycles. The molecular weight excluding hydrogens is 410 g/mol. The summed E-state index contributed by atoms with van der Waals surface area (Å²) >= 11 is 0. The van der Waals surface area contributed by atoms with Gasteiger partial charge in [0.25, 0.3) is 5.91 Å². The van der Waals surface area contributed by atoms with E-state index < -0.39 is 12.0 Å². The van der Waals surface area contributed by atoms with Gasteiger partial charge in [0.05, 0.1) is 30.3 Å². The number of piperazine rings is 1. The largest absolute Gasteiger partial charge is 0.462 e.